The number of esters is 1. The summed E-state index contributed by atoms with van der Waals surface area (Å²) in [7, 11) is -4.12. The van der Waals surface area contributed by atoms with Crippen molar-refractivity contribution in [1.82, 2.24) is 5.32 Å². The van der Waals surface area contributed by atoms with E-state index in [1.54, 1.807) is 6.92 Å². The molecular weight excluding hydrogens is 502 g/mol. The average molecular weight is 534 g/mol. The van der Waals surface area contributed by atoms with Crippen LogP contribution in [0.4, 0.5) is 4.79 Å². The third-order valence-corrected chi connectivity index (χ3v) is 6.26. The molecule has 1 aromatic rings. The van der Waals surface area contributed by atoms with Gasteiger partial charge in [-0.05, 0) is 25.5 Å². The number of benzene rings is 1. The van der Waals surface area contributed by atoms with Crippen molar-refractivity contribution in [2.45, 2.75) is 39.7 Å². The Morgan fingerprint density at radius 2 is 1.69 bits per heavy atom. The predicted octanol–water partition coefficient (Wildman–Crippen LogP) is 1.09. The first-order valence-corrected chi connectivity index (χ1v) is 12.4. The summed E-state index contributed by atoms with van der Waals surface area (Å²) in [5.41, 5.74) is -4.63. The molecule has 0 heterocycles. The van der Waals surface area contributed by atoms with Gasteiger partial charge in [0.2, 0.25) is 11.5 Å². The van der Waals surface area contributed by atoms with E-state index in [9.17, 15) is 37.8 Å². The summed E-state index contributed by atoms with van der Waals surface area (Å²) in [5.74, 6) is -3.58. The highest BCUT2D eigenvalue weighted by atomic mass is 32.2. The lowest BCUT2D eigenvalue weighted by molar-refractivity contribution is -0.183. The number of nitrogens with one attached hydrogen (secondary N) is 1. The van der Waals surface area contributed by atoms with Crippen molar-refractivity contribution < 1.29 is 56.2 Å². The Labute approximate surface area is 208 Å². The number of carboxylic acid groups (broad SMARTS) is 1. The second kappa shape index (κ2) is 13.2. The Bertz CT molecular complexity index is 1050. The quantitative estimate of drug-likeness (QED) is 0.134. The van der Waals surface area contributed by atoms with Crippen LogP contribution >= 0.6 is 0 Å². The summed E-state index contributed by atoms with van der Waals surface area (Å²) in [5, 5.41) is 22.8. The largest absolute Gasteiger partial charge is 0.513 e. The van der Waals surface area contributed by atoms with Crippen molar-refractivity contribution in [1.29, 1.82) is 0 Å². The third-order valence-electron chi connectivity index (χ3n) is 4.99. The maximum absolute atomic E-state index is 12.2. The van der Waals surface area contributed by atoms with Gasteiger partial charge in [0.05, 0.1) is 19.0 Å². The molecule has 36 heavy (non-hydrogen) atoms. The van der Waals surface area contributed by atoms with Crippen LogP contribution < -0.4 is 10.1 Å². The van der Waals surface area contributed by atoms with Gasteiger partial charge in [-0.1, -0.05) is 26.0 Å². The highest BCUT2D eigenvalue weighted by molar-refractivity contribution is 7.86. The molecule has 0 saturated carbocycles. The van der Waals surface area contributed by atoms with Gasteiger partial charge in [0, 0.05) is 18.9 Å². The Morgan fingerprint density at radius 1 is 1.06 bits per heavy atom. The standard InChI is InChI=1S/C22H31NO12S/c1-5-32-18(25)16-9-6-7-10-17(16)35-20(28)33-14-22(29,19(26)27)21(3,4)13-34-36(30,31)12-8-11-23-15(2)24/h6-7,9-10,29H,5,8,11-14H2,1-4H3,(H,23,24)(H,26,27)/t22-/m1/s1. The Morgan fingerprint density at radius 3 is 2.28 bits per heavy atom. The van der Waals surface area contributed by atoms with E-state index in [-0.39, 0.29) is 36.8 Å². The van der Waals surface area contributed by atoms with Crippen LogP contribution in [0.3, 0.4) is 0 Å². The number of carbonyl (C=O) groups is 4. The number of para-hydroxylation sites is 1. The number of aliphatic hydroxyl groups is 1. The van der Waals surface area contributed by atoms with Crippen LogP contribution in [-0.2, 0) is 33.4 Å². The van der Waals surface area contributed by atoms with Crippen LogP contribution in [0, 0.1) is 5.41 Å². The molecule has 1 rings (SSSR count). The Kier molecular flexibility index (Phi) is 11.3. The molecule has 202 valence electrons. The maximum atomic E-state index is 12.2. The number of carboxylic acids is 1. The van der Waals surface area contributed by atoms with Gasteiger partial charge in [0.25, 0.3) is 10.1 Å². The number of hydrogen-bond acceptors (Lipinski definition) is 11. The molecule has 0 aromatic heterocycles. The molecular formula is C22H31NO12S. The minimum absolute atomic E-state index is 0.0494. The molecule has 1 amide bonds. The van der Waals surface area contributed by atoms with Crippen molar-refractivity contribution in [3.8, 4) is 5.75 Å². The van der Waals surface area contributed by atoms with Crippen LogP contribution in [0.5, 0.6) is 5.75 Å². The van der Waals surface area contributed by atoms with Crippen LogP contribution in [0.2, 0.25) is 0 Å². The van der Waals surface area contributed by atoms with E-state index < -0.39 is 58.2 Å². The fourth-order valence-electron chi connectivity index (χ4n) is 2.69. The van der Waals surface area contributed by atoms with Crippen molar-refractivity contribution in [2.24, 2.45) is 5.41 Å². The zero-order valence-corrected chi connectivity index (χ0v) is 21.3. The number of rotatable bonds is 14. The summed E-state index contributed by atoms with van der Waals surface area (Å²) in [4.78, 5) is 46.9. The van der Waals surface area contributed by atoms with Gasteiger partial charge in [0.1, 0.15) is 17.9 Å². The van der Waals surface area contributed by atoms with E-state index >= 15 is 0 Å². The Hall–Kier alpha value is -3.23. The molecule has 3 N–H and O–H groups in total. The van der Waals surface area contributed by atoms with E-state index in [0.29, 0.717) is 0 Å². The fourth-order valence-corrected chi connectivity index (χ4v) is 3.78. The normalized spacial score (nSPS) is 13.2. The van der Waals surface area contributed by atoms with E-state index in [0.717, 1.165) is 0 Å². The Balaban J connectivity index is 2.84. The lowest BCUT2D eigenvalue weighted by Gasteiger charge is -2.37. The van der Waals surface area contributed by atoms with E-state index in [4.69, 9.17) is 18.4 Å². The summed E-state index contributed by atoms with van der Waals surface area (Å²) in [6.07, 6.45) is -1.37. The SMILES string of the molecule is CCOC(=O)c1ccccc1OC(=O)OC[C@@](O)(C(=O)O)C(C)(C)COS(=O)(=O)CCCNC(C)=O. The van der Waals surface area contributed by atoms with Gasteiger partial charge < -0.3 is 29.7 Å². The molecule has 0 unspecified atom stereocenters. The molecule has 0 spiro atoms. The molecule has 1 aromatic carbocycles. The summed E-state index contributed by atoms with van der Waals surface area (Å²) in [6.45, 7) is 3.56. The minimum Gasteiger partial charge on any atom is -0.479 e. The van der Waals surface area contributed by atoms with Crippen LogP contribution in [0.15, 0.2) is 24.3 Å². The van der Waals surface area contributed by atoms with Crippen LogP contribution in [0.25, 0.3) is 0 Å². The van der Waals surface area contributed by atoms with E-state index in [1.165, 1.54) is 45.0 Å². The highest BCUT2D eigenvalue weighted by Gasteiger charge is 2.52. The molecule has 0 fully saturated rings. The number of ether oxygens (including phenoxy) is 3. The van der Waals surface area contributed by atoms with Crippen molar-refractivity contribution >= 4 is 34.1 Å². The van der Waals surface area contributed by atoms with Gasteiger partial charge in [-0.25, -0.2) is 14.4 Å². The average Bonchev–Trinajstić information content (AvgIpc) is 2.79. The smallest absolute Gasteiger partial charge is 0.479 e. The molecule has 14 heteroatoms. The summed E-state index contributed by atoms with van der Waals surface area (Å²) < 4.78 is 43.7. The second-order valence-electron chi connectivity index (χ2n) is 8.27. The lowest BCUT2D eigenvalue weighted by atomic mass is 9.76. The first-order chi connectivity index (χ1) is 16.6. The minimum atomic E-state index is -4.12. The first kappa shape index (κ1) is 30.8. The molecule has 0 aliphatic heterocycles. The third kappa shape index (κ3) is 9.09. The van der Waals surface area contributed by atoms with Crippen LogP contribution in [-0.4, -0.2) is 80.4 Å². The van der Waals surface area contributed by atoms with Gasteiger partial charge in [-0.3, -0.25) is 8.98 Å². The van der Waals surface area contributed by atoms with Crippen LogP contribution in [0.1, 0.15) is 44.5 Å². The van der Waals surface area contributed by atoms with Gasteiger partial charge in [-0.15, -0.1) is 0 Å². The molecule has 0 bridgehead atoms. The van der Waals surface area contributed by atoms with Gasteiger partial charge in [-0.2, -0.15) is 8.42 Å². The fraction of sp³-hybridized carbons (Fsp3) is 0.545. The number of aliphatic carboxylic acids is 1. The van der Waals surface area contributed by atoms with E-state index in [2.05, 4.69) is 5.32 Å². The number of amides is 1. The van der Waals surface area contributed by atoms with Crippen molar-refractivity contribution in [3.05, 3.63) is 29.8 Å². The van der Waals surface area contributed by atoms with Crippen molar-refractivity contribution in [2.75, 3.05) is 32.1 Å². The predicted molar refractivity (Wildman–Crippen MR) is 124 cm³/mol. The zero-order valence-electron chi connectivity index (χ0n) is 20.4. The van der Waals surface area contributed by atoms with Crippen molar-refractivity contribution in [3.63, 3.8) is 0 Å². The van der Waals surface area contributed by atoms with Gasteiger partial charge >= 0.3 is 18.1 Å². The molecule has 13 nitrogen and oxygen atoms in total. The zero-order chi connectivity index (χ0) is 27.6. The van der Waals surface area contributed by atoms with E-state index in [1.807, 2.05) is 0 Å². The second-order valence-corrected chi connectivity index (χ2v) is 10.0. The summed E-state index contributed by atoms with van der Waals surface area (Å²) >= 11 is 0. The molecule has 0 aliphatic rings. The molecule has 0 aliphatic carbocycles. The first-order valence-electron chi connectivity index (χ1n) is 10.8. The molecule has 0 saturated heterocycles. The topological polar surface area (TPSA) is 192 Å². The maximum Gasteiger partial charge on any atom is 0.513 e. The lowest BCUT2D eigenvalue weighted by Crippen LogP contribution is -2.57. The highest BCUT2D eigenvalue weighted by Crippen LogP contribution is 2.33. The number of carbonyl (C=O) groups excluding carboxylic acids is 3. The monoisotopic (exact) mass is 533 g/mol. The van der Waals surface area contributed by atoms with Gasteiger partial charge in [0.15, 0.2) is 0 Å². The number of hydrogen-bond donors (Lipinski definition) is 3. The molecule has 1 atom stereocenters. The molecule has 0 radical (unpaired) electrons. The summed E-state index contributed by atoms with van der Waals surface area (Å²) in [6, 6.07) is 5.59.